The summed E-state index contributed by atoms with van der Waals surface area (Å²) in [6.45, 7) is 1.84. The summed E-state index contributed by atoms with van der Waals surface area (Å²) < 4.78 is 5.45. The standard InChI is InChI=1S/C25H31N3O4/c1-32-22-11-10-20(17-21(22)28-14-6-5-9-23(28)29)26-25(31)27-15-12-19(13-16-27)24(30)18-7-3-2-4-8-18/h2-4,7-8,10-11,17,19,24,30H,5-6,9,12-16H2,1H3,(H,26,31). The SMILES string of the molecule is COc1ccc(NC(=O)N2CCC(C(O)c3ccccc3)CC2)cc1N1CCCCC1=O. The van der Waals surface area contributed by atoms with Gasteiger partial charge in [0.05, 0.1) is 18.9 Å². The zero-order valence-electron chi connectivity index (χ0n) is 18.5. The van der Waals surface area contributed by atoms with Crippen LogP contribution in [0.3, 0.4) is 0 Å². The number of rotatable bonds is 5. The number of nitrogens with one attached hydrogen (secondary N) is 1. The maximum atomic E-state index is 12.9. The van der Waals surface area contributed by atoms with Gasteiger partial charge in [0.15, 0.2) is 0 Å². The first kappa shape index (κ1) is 22.1. The van der Waals surface area contributed by atoms with Gasteiger partial charge in [-0.1, -0.05) is 30.3 Å². The van der Waals surface area contributed by atoms with Crippen LogP contribution in [0.5, 0.6) is 5.75 Å². The second kappa shape index (κ2) is 10.0. The van der Waals surface area contributed by atoms with Crippen LogP contribution >= 0.6 is 0 Å². The predicted octanol–water partition coefficient (Wildman–Crippen LogP) is 4.19. The fraction of sp³-hybridized carbons (Fsp3) is 0.440. The maximum Gasteiger partial charge on any atom is 0.321 e. The molecule has 2 N–H and O–H groups in total. The van der Waals surface area contributed by atoms with E-state index in [1.54, 1.807) is 29.0 Å². The van der Waals surface area contributed by atoms with Crippen LogP contribution in [0.1, 0.15) is 43.8 Å². The topological polar surface area (TPSA) is 82.1 Å². The van der Waals surface area contributed by atoms with E-state index in [-0.39, 0.29) is 17.9 Å². The van der Waals surface area contributed by atoms with Crippen LogP contribution in [-0.2, 0) is 4.79 Å². The molecule has 3 amide bonds. The number of methoxy groups -OCH3 is 1. The van der Waals surface area contributed by atoms with Crippen molar-refractivity contribution in [1.29, 1.82) is 0 Å². The van der Waals surface area contributed by atoms with Gasteiger partial charge in [-0.05, 0) is 55.4 Å². The smallest absolute Gasteiger partial charge is 0.321 e. The number of hydrogen-bond acceptors (Lipinski definition) is 4. The van der Waals surface area contributed by atoms with E-state index in [2.05, 4.69) is 5.32 Å². The molecule has 2 aromatic rings. The molecule has 1 unspecified atom stereocenters. The van der Waals surface area contributed by atoms with E-state index in [0.29, 0.717) is 43.2 Å². The van der Waals surface area contributed by atoms with Crippen molar-refractivity contribution < 1.29 is 19.4 Å². The van der Waals surface area contributed by atoms with Crippen molar-refractivity contribution >= 4 is 23.3 Å². The number of amides is 3. The summed E-state index contributed by atoms with van der Waals surface area (Å²) >= 11 is 0. The molecule has 0 aliphatic carbocycles. The number of aliphatic hydroxyl groups excluding tert-OH is 1. The minimum Gasteiger partial charge on any atom is -0.495 e. The van der Waals surface area contributed by atoms with E-state index in [1.807, 2.05) is 36.4 Å². The van der Waals surface area contributed by atoms with Crippen LogP contribution in [0, 0.1) is 5.92 Å². The zero-order chi connectivity index (χ0) is 22.5. The molecule has 32 heavy (non-hydrogen) atoms. The van der Waals surface area contributed by atoms with Crippen molar-refractivity contribution in [2.75, 3.05) is 37.0 Å². The van der Waals surface area contributed by atoms with Crippen molar-refractivity contribution in [1.82, 2.24) is 4.90 Å². The molecule has 0 saturated carbocycles. The molecule has 0 radical (unpaired) electrons. The second-order valence-corrected chi connectivity index (χ2v) is 8.50. The molecule has 2 aliphatic rings. The molecule has 0 spiro atoms. The number of benzene rings is 2. The van der Waals surface area contributed by atoms with Crippen molar-refractivity contribution in [3.05, 3.63) is 54.1 Å². The lowest BCUT2D eigenvalue weighted by molar-refractivity contribution is -0.119. The van der Waals surface area contributed by atoms with Crippen LogP contribution in [0.15, 0.2) is 48.5 Å². The number of aliphatic hydroxyl groups is 1. The van der Waals surface area contributed by atoms with E-state index in [9.17, 15) is 14.7 Å². The van der Waals surface area contributed by atoms with Crippen LogP contribution in [0.2, 0.25) is 0 Å². The van der Waals surface area contributed by atoms with Crippen LogP contribution in [0.4, 0.5) is 16.2 Å². The summed E-state index contributed by atoms with van der Waals surface area (Å²) in [4.78, 5) is 28.8. The number of anilines is 2. The number of urea groups is 1. The van der Waals surface area contributed by atoms with Gasteiger partial charge >= 0.3 is 6.03 Å². The highest BCUT2D eigenvalue weighted by atomic mass is 16.5. The van der Waals surface area contributed by atoms with E-state index < -0.39 is 6.10 Å². The minimum atomic E-state index is -0.507. The Bertz CT molecular complexity index is 941. The number of hydrogen-bond donors (Lipinski definition) is 2. The highest BCUT2D eigenvalue weighted by Crippen LogP contribution is 2.34. The third-order valence-electron chi connectivity index (χ3n) is 6.46. The first-order chi connectivity index (χ1) is 15.6. The highest BCUT2D eigenvalue weighted by Gasteiger charge is 2.29. The molecule has 2 heterocycles. The summed E-state index contributed by atoms with van der Waals surface area (Å²) in [7, 11) is 1.58. The number of nitrogens with zero attached hydrogens (tertiary/aromatic N) is 2. The Morgan fingerprint density at radius 1 is 1.09 bits per heavy atom. The summed E-state index contributed by atoms with van der Waals surface area (Å²) in [6, 6.07) is 14.9. The molecule has 0 bridgehead atoms. The highest BCUT2D eigenvalue weighted by molar-refractivity contribution is 5.97. The number of ether oxygens (including phenoxy) is 1. The Morgan fingerprint density at radius 2 is 1.84 bits per heavy atom. The monoisotopic (exact) mass is 437 g/mol. The van der Waals surface area contributed by atoms with Crippen molar-refractivity contribution in [2.45, 2.75) is 38.2 Å². The van der Waals surface area contributed by atoms with Crippen LogP contribution in [-0.4, -0.2) is 48.7 Å². The van der Waals surface area contributed by atoms with Crippen LogP contribution < -0.4 is 15.0 Å². The summed E-state index contributed by atoms with van der Waals surface area (Å²) in [6.07, 6.45) is 3.38. The predicted molar refractivity (Wildman–Crippen MR) is 124 cm³/mol. The summed E-state index contributed by atoms with van der Waals surface area (Å²) in [5.74, 6) is 0.838. The first-order valence-corrected chi connectivity index (χ1v) is 11.3. The zero-order valence-corrected chi connectivity index (χ0v) is 18.5. The quantitative estimate of drug-likeness (QED) is 0.735. The third-order valence-corrected chi connectivity index (χ3v) is 6.46. The third kappa shape index (κ3) is 4.88. The molecule has 2 saturated heterocycles. The summed E-state index contributed by atoms with van der Waals surface area (Å²) in [5, 5.41) is 13.6. The lowest BCUT2D eigenvalue weighted by Crippen LogP contribution is -2.42. The van der Waals surface area contributed by atoms with Gasteiger partial charge in [0.2, 0.25) is 5.91 Å². The Labute approximate surface area is 189 Å². The number of piperidine rings is 2. The summed E-state index contributed by atoms with van der Waals surface area (Å²) in [5.41, 5.74) is 2.25. The van der Waals surface area contributed by atoms with Crippen molar-refractivity contribution in [3.63, 3.8) is 0 Å². The van der Waals surface area contributed by atoms with Crippen LogP contribution in [0.25, 0.3) is 0 Å². The van der Waals surface area contributed by atoms with E-state index in [1.165, 1.54) is 0 Å². The van der Waals surface area contributed by atoms with Gasteiger partial charge in [-0.2, -0.15) is 0 Å². The normalized spacial score (nSPS) is 18.4. The number of carbonyl (C=O) groups excluding carboxylic acids is 2. The molecule has 0 aromatic heterocycles. The van der Waals surface area contributed by atoms with Crippen molar-refractivity contribution in [2.24, 2.45) is 5.92 Å². The second-order valence-electron chi connectivity index (χ2n) is 8.50. The molecule has 7 nitrogen and oxygen atoms in total. The van der Waals surface area contributed by atoms with Gasteiger partial charge in [-0.3, -0.25) is 4.79 Å². The van der Waals surface area contributed by atoms with Gasteiger partial charge < -0.3 is 25.0 Å². The molecular formula is C25H31N3O4. The molecule has 4 rings (SSSR count). The van der Waals surface area contributed by atoms with Gasteiger partial charge in [-0.25, -0.2) is 4.79 Å². The molecular weight excluding hydrogens is 406 g/mol. The molecule has 1 atom stereocenters. The lowest BCUT2D eigenvalue weighted by Gasteiger charge is -2.34. The molecule has 2 aliphatic heterocycles. The average molecular weight is 438 g/mol. The molecule has 170 valence electrons. The molecule has 7 heteroatoms. The first-order valence-electron chi connectivity index (χ1n) is 11.3. The Morgan fingerprint density at radius 3 is 2.53 bits per heavy atom. The average Bonchev–Trinajstić information content (AvgIpc) is 2.84. The van der Waals surface area contributed by atoms with Gasteiger partial charge in [-0.15, -0.1) is 0 Å². The fourth-order valence-electron chi connectivity index (χ4n) is 4.58. The Kier molecular flexibility index (Phi) is 6.95. The van der Waals surface area contributed by atoms with Gasteiger partial charge in [0.25, 0.3) is 0 Å². The van der Waals surface area contributed by atoms with Gasteiger partial charge in [0.1, 0.15) is 5.75 Å². The Hall–Kier alpha value is -3.06. The maximum absolute atomic E-state index is 12.9. The van der Waals surface area contributed by atoms with Crippen molar-refractivity contribution in [3.8, 4) is 5.75 Å². The lowest BCUT2D eigenvalue weighted by atomic mass is 9.87. The minimum absolute atomic E-state index is 0.0806. The van der Waals surface area contributed by atoms with Gasteiger partial charge in [0, 0.05) is 31.7 Å². The van der Waals surface area contributed by atoms with E-state index in [4.69, 9.17) is 4.74 Å². The van der Waals surface area contributed by atoms with E-state index in [0.717, 1.165) is 31.2 Å². The Balaban J connectivity index is 1.38. The number of carbonyl (C=O) groups is 2. The fourth-order valence-corrected chi connectivity index (χ4v) is 4.58. The number of likely N-dealkylation sites (tertiary alicyclic amines) is 1. The largest absolute Gasteiger partial charge is 0.495 e. The molecule has 2 fully saturated rings. The van der Waals surface area contributed by atoms with E-state index >= 15 is 0 Å². The molecule has 2 aromatic carbocycles.